The Bertz CT molecular complexity index is 969. The summed E-state index contributed by atoms with van der Waals surface area (Å²) in [7, 11) is 0. The highest BCUT2D eigenvalue weighted by Gasteiger charge is 2.07. The predicted octanol–water partition coefficient (Wildman–Crippen LogP) is 6.68. The average molecular weight is 404 g/mol. The summed E-state index contributed by atoms with van der Waals surface area (Å²) in [6.07, 6.45) is 4.86. The molecule has 3 aromatic rings. The monoisotopic (exact) mass is 402 g/mol. The Hall–Kier alpha value is -2.33. The largest absolute Gasteiger partial charge is 0.339 e. The summed E-state index contributed by atoms with van der Waals surface area (Å²) in [6, 6.07) is 15.5. The second-order valence-corrected chi connectivity index (χ2v) is 6.67. The highest BCUT2D eigenvalue weighted by atomic mass is 35.5. The van der Waals surface area contributed by atoms with Crippen LogP contribution in [-0.2, 0) is 0 Å². The molecule has 1 aromatic heterocycles. The summed E-state index contributed by atoms with van der Waals surface area (Å²) >= 11 is 18.0. The lowest BCUT2D eigenvalue weighted by Crippen LogP contribution is -1.97. The molecule has 3 rings (SSSR count). The van der Waals surface area contributed by atoms with Crippen LogP contribution in [0.15, 0.2) is 66.9 Å². The highest BCUT2D eigenvalue weighted by molar-refractivity contribution is 6.36. The number of hydrogen-bond donors (Lipinski definition) is 1. The van der Waals surface area contributed by atoms with E-state index in [-0.39, 0.29) is 5.78 Å². The number of halogens is 3. The molecule has 0 unspecified atom stereocenters. The van der Waals surface area contributed by atoms with E-state index in [1.54, 1.807) is 60.8 Å². The zero-order chi connectivity index (χ0) is 18.5. The van der Waals surface area contributed by atoms with Gasteiger partial charge in [-0.3, -0.25) is 4.79 Å². The average Bonchev–Trinajstić information content (AvgIpc) is 2.63. The first-order valence-corrected chi connectivity index (χ1v) is 8.81. The molecule has 0 saturated heterocycles. The Morgan fingerprint density at radius 3 is 2.42 bits per heavy atom. The van der Waals surface area contributed by atoms with E-state index in [1.165, 1.54) is 6.08 Å². The van der Waals surface area contributed by atoms with Crippen LogP contribution in [0.1, 0.15) is 15.9 Å². The van der Waals surface area contributed by atoms with Crippen LogP contribution in [0.3, 0.4) is 0 Å². The Morgan fingerprint density at radius 1 is 0.962 bits per heavy atom. The van der Waals surface area contributed by atoms with Crippen LogP contribution < -0.4 is 5.32 Å². The Kier molecular flexibility index (Phi) is 5.94. The molecule has 3 nitrogen and oxygen atoms in total. The Balaban J connectivity index is 1.82. The molecule has 0 fully saturated rings. The van der Waals surface area contributed by atoms with Gasteiger partial charge in [-0.1, -0.05) is 34.8 Å². The minimum atomic E-state index is -0.124. The zero-order valence-corrected chi connectivity index (χ0v) is 15.7. The van der Waals surface area contributed by atoms with Crippen molar-refractivity contribution in [2.45, 2.75) is 0 Å². The van der Waals surface area contributed by atoms with E-state index in [0.717, 1.165) is 5.56 Å². The number of carbonyl (C=O) groups excluding carboxylic acids is 1. The number of ketones is 1. The van der Waals surface area contributed by atoms with Crippen molar-refractivity contribution in [2.75, 3.05) is 5.32 Å². The van der Waals surface area contributed by atoms with Gasteiger partial charge in [0.1, 0.15) is 5.82 Å². The van der Waals surface area contributed by atoms with Crippen molar-refractivity contribution in [3.63, 3.8) is 0 Å². The zero-order valence-electron chi connectivity index (χ0n) is 13.4. The summed E-state index contributed by atoms with van der Waals surface area (Å²) in [5.74, 6) is 0.456. The molecule has 0 spiro atoms. The van der Waals surface area contributed by atoms with Crippen LogP contribution >= 0.6 is 34.8 Å². The number of aromatic nitrogens is 1. The van der Waals surface area contributed by atoms with Crippen molar-refractivity contribution < 1.29 is 4.79 Å². The lowest BCUT2D eigenvalue weighted by molar-refractivity contribution is 0.104. The molecule has 0 amide bonds. The smallest absolute Gasteiger partial charge is 0.185 e. The number of carbonyl (C=O) groups is 1. The van der Waals surface area contributed by atoms with Crippen molar-refractivity contribution in [3.05, 3.63) is 93.1 Å². The van der Waals surface area contributed by atoms with E-state index in [0.29, 0.717) is 32.1 Å². The number of allylic oxidation sites excluding steroid dienone is 1. The van der Waals surface area contributed by atoms with E-state index in [2.05, 4.69) is 10.3 Å². The molecule has 26 heavy (non-hydrogen) atoms. The van der Waals surface area contributed by atoms with Crippen molar-refractivity contribution in [1.29, 1.82) is 0 Å². The Morgan fingerprint density at radius 2 is 1.69 bits per heavy atom. The topological polar surface area (TPSA) is 42.0 Å². The third kappa shape index (κ3) is 4.64. The number of anilines is 2. The van der Waals surface area contributed by atoms with Gasteiger partial charge < -0.3 is 5.32 Å². The minimum Gasteiger partial charge on any atom is -0.339 e. The first kappa shape index (κ1) is 18.5. The maximum absolute atomic E-state index is 12.3. The maximum Gasteiger partial charge on any atom is 0.185 e. The molecule has 0 aliphatic rings. The molecule has 1 heterocycles. The predicted molar refractivity (Wildman–Crippen MR) is 109 cm³/mol. The fraction of sp³-hybridized carbons (Fsp3) is 0. The molecule has 0 saturated carbocycles. The van der Waals surface area contributed by atoms with Gasteiger partial charge in [0.05, 0.1) is 10.7 Å². The van der Waals surface area contributed by atoms with Crippen LogP contribution in [0.5, 0.6) is 0 Å². The quantitative estimate of drug-likeness (QED) is 0.381. The number of pyridine rings is 1. The summed E-state index contributed by atoms with van der Waals surface area (Å²) in [6.45, 7) is 0. The van der Waals surface area contributed by atoms with E-state index >= 15 is 0 Å². The van der Waals surface area contributed by atoms with E-state index < -0.39 is 0 Å². The fourth-order valence-corrected chi connectivity index (χ4v) is 2.83. The summed E-state index contributed by atoms with van der Waals surface area (Å²) in [4.78, 5) is 16.6. The number of nitrogens with one attached hydrogen (secondary N) is 1. The van der Waals surface area contributed by atoms with E-state index in [4.69, 9.17) is 34.8 Å². The third-order valence-electron chi connectivity index (χ3n) is 3.57. The second kappa shape index (κ2) is 8.37. The highest BCUT2D eigenvalue weighted by Crippen LogP contribution is 2.29. The molecule has 1 N–H and O–H groups in total. The molecule has 2 aromatic carbocycles. The van der Waals surface area contributed by atoms with Gasteiger partial charge in [-0.25, -0.2) is 4.98 Å². The molecular formula is C20H13Cl3N2O. The molecule has 0 radical (unpaired) electrons. The minimum absolute atomic E-state index is 0.124. The maximum atomic E-state index is 12.3. The van der Waals surface area contributed by atoms with Gasteiger partial charge in [-0.2, -0.15) is 0 Å². The molecule has 0 bridgehead atoms. The molecule has 0 aliphatic heterocycles. The second-order valence-electron chi connectivity index (χ2n) is 5.39. The van der Waals surface area contributed by atoms with E-state index in [9.17, 15) is 4.79 Å². The van der Waals surface area contributed by atoms with Crippen LogP contribution in [0.4, 0.5) is 11.5 Å². The SMILES string of the molecule is O=C(/C=C/c1cccnc1Nc1ccc(Cl)cc1Cl)c1ccc(Cl)cc1. The lowest BCUT2D eigenvalue weighted by Gasteiger charge is -2.10. The van der Waals surface area contributed by atoms with Crippen molar-refractivity contribution >= 4 is 58.2 Å². The molecule has 0 aliphatic carbocycles. The molecule has 6 heteroatoms. The molecule has 130 valence electrons. The first-order valence-electron chi connectivity index (χ1n) is 7.68. The van der Waals surface area contributed by atoms with Crippen molar-refractivity contribution in [1.82, 2.24) is 4.98 Å². The molecule has 0 atom stereocenters. The first-order chi connectivity index (χ1) is 12.5. The standard InChI is InChI=1S/C20H13Cl3N2O/c21-15-6-3-13(4-7-15)19(26)10-5-14-2-1-11-24-20(14)25-18-9-8-16(22)12-17(18)23/h1-12H,(H,24,25)/b10-5+. The van der Waals surface area contributed by atoms with Gasteiger partial charge in [0, 0.05) is 27.4 Å². The number of rotatable bonds is 5. The van der Waals surface area contributed by atoms with Crippen LogP contribution in [-0.4, -0.2) is 10.8 Å². The number of nitrogens with zero attached hydrogens (tertiary/aromatic N) is 1. The fourth-order valence-electron chi connectivity index (χ4n) is 2.25. The summed E-state index contributed by atoms with van der Waals surface area (Å²) in [5, 5.41) is 4.78. The lowest BCUT2D eigenvalue weighted by atomic mass is 10.1. The number of benzene rings is 2. The third-order valence-corrected chi connectivity index (χ3v) is 4.37. The van der Waals surface area contributed by atoms with Crippen LogP contribution in [0, 0.1) is 0 Å². The molecular weight excluding hydrogens is 391 g/mol. The van der Waals surface area contributed by atoms with E-state index in [1.807, 2.05) is 6.07 Å². The summed E-state index contributed by atoms with van der Waals surface area (Å²) in [5.41, 5.74) is 1.99. The Labute approximate surface area is 166 Å². The van der Waals surface area contributed by atoms with Gasteiger partial charge >= 0.3 is 0 Å². The normalized spacial score (nSPS) is 10.9. The van der Waals surface area contributed by atoms with Crippen molar-refractivity contribution in [2.24, 2.45) is 0 Å². The number of hydrogen-bond acceptors (Lipinski definition) is 3. The van der Waals surface area contributed by atoms with Gasteiger partial charge in [0.25, 0.3) is 0 Å². The van der Waals surface area contributed by atoms with Gasteiger partial charge in [-0.15, -0.1) is 0 Å². The summed E-state index contributed by atoms with van der Waals surface area (Å²) < 4.78 is 0. The van der Waals surface area contributed by atoms with Gasteiger partial charge in [0.2, 0.25) is 0 Å². The van der Waals surface area contributed by atoms with Gasteiger partial charge in [-0.05, 0) is 66.7 Å². The van der Waals surface area contributed by atoms with Crippen LogP contribution in [0.25, 0.3) is 6.08 Å². The van der Waals surface area contributed by atoms with Gasteiger partial charge in [0.15, 0.2) is 5.78 Å². The van der Waals surface area contributed by atoms with Crippen molar-refractivity contribution in [3.8, 4) is 0 Å². The van der Waals surface area contributed by atoms with Crippen LogP contribution in [0.2, 0.25) is 15.1 Å².